The number of methoxy groups -OCH3 is 1. The van der Waals surface area contributed by atoms with Gasteiger partial charge in [0.2, 0.25) is 0 Å². The highest BCUT2D eigenvalue weighted by atomic mass is 35.5. The van der Waals surface area contributed by atoms with Crippen LogP contribution in [0, 0.1) is 5.92 Å². The molecule has 1 N–H and O–H groups in total. The summed E-state index contributed by atoms with van der Waals surface area (Å²) in [5, 5.41) is 4.28. The lowest BCUT2D eigenvalue weighted by Gasteiger charge is -2.38. The molecule has 2 aromatic rings. The Morgan fingerprint density at radius 3 is 2.59 bits per heavy atom. The van der Waals surface area contributed by atoms with E-state index in [-0.39, 0.29) is 17.9 Å². The van der Waals surface area contributed by atoms with Crippen molar-refractivity contribution in [3.05, 3.63) is 75.8 Å². The van der Waals surface area contributed by atoms with Crippen molar-refractivity contribution < 1.29 is 9.53 Å². The molecule has 1 aliphatic carbocycles. The Balaban J connectivity index is 1.79. The minimum absolute atomic E-state index is 0.156. The molecule has 0 aromatic heterocycles. The van der Waals surface area contributed by atoms with Crippen molar-refractivity contribution in [3.8, 4) is 0 Å². The predicted octanol–water partition coefficient (Wildman–Crippen LogP) is 6.08. The number of benzene rings is 2. The van der Waals surface area contributed by atoms with Crippen LogP contribution in [0.25, 0.3) is 0 Å². The minimum Gasteiger partial charge on any atom is -0.465 e. The van der Waals surface area contributed by atoms with Crippen LogP contribution in [0.15, 0.2) is 48.6 Å². The van der Waals surface area contributed by atoms with Gasteiger partial charge in [0.15, 0.2) is 0 Å². The van der Waals surface area contributed by atoms with E-state index in [2.05, 4.69) is 55.6 Å². The molecule has 0 amide bonds. The van der Waals surface area contributed by atoms with Gasteiger partial charge in [0, 0.05) is 5.92 Å². The number of hydrogen-bond donors (Lipinski definition) is 1. The lowest BCUT2D eigenvalue weighted by molar-refractivity contribution is 0.0598. The van der Waals surface area contributed by atoms with Gasteiger partial charge in [-0.3, -0.25) is 0 Å². The summed E-state index contributed by atoms with van der Waals surface area (Å²) in [5.74, 6) is 0.702. The first-order chi connectivity index (χ1) is 13.0. The third-order valence-corrected chi connectivity index (χ3v) is 6.15. The first kappa shape index (κ1) is 18.1. The van der Waals surface area contributed by atoms with Crippen LogP contribution in [0.1, 0.15) is 65.2 Å². The number of carbonyl (C=O) groups excluding carboxylic acids is 1. The molecule has 0 radical (unpaired) electrons. The fourth-order valence-corrected chi connectivity index (χ4v) is 4.60. The number of rotatable bonds is 3. The summed E-state index contributed by atoms with van der Waals surface area (Å²) < 4.78 is 5.00. The molecule has 0 saturated heterocycles. The molecule has 4 heteroatoms. The van der Waals surface area contributed by atoms with Crippen molar-refractivity contribution in [1.82, 2.24) is 0 Å². The van der Waals surface area contributed by atoms with Crippen molar-refractivity contribution in [1.29, 1.82) is 0 Å². The summed E-state index contributed by atoms with van der Waals surface area (Å²) in [6, 6.07) is 12.6. The lowest BCUT2D eigenvalue weighted by atomic mass is 9.75. The molecule has 3 nitrogen and oxygen atoms in total. The molecule has 1 heterocycles. The average Bonchev–Trinajstić information content (AvgIpc) is 3.17. The number of esters is 1. The first-order valence-electron chi connectivity index (χ1n) is 9.45. The van der Waals surface area contributed by atoms with Gasteiger partial charge in [-0.15, -0.1) is 0 Å². The Bertz CT molecular complexity index is 901. The van der Waals surface area contributed by atoms with Gasteiger partial charge in [-0.1, -0.05) is 61.9 Å². The average molecular weight is 382 g/mol. The molecular weight excluding hydrogens is 358 g/mol. The van der Waals surface area contributed by atoms with E-state index in [0.717, 1.165) is 17.7 Å². The Hall–Kier alpha value is -2.26. The molecule has 3 atom stereocenters. The summed E-state index contributed by atoms with van der Waals surface area (Å²) in [5.41, 5.74) is 5.00. The second kappa shape index (κ2) is 7.05. The second-order valence-corrected chi connectivity index (χ2v) is 8.08. The molecule has 0 fully saturated rings. The lowest BCUT2D eigenvalue weighted by Crippen LogP contribution is -2.30. The number of hydrogen-bond acceptors (Lipinski definition) is 3. The fourth-order valence-electron chi connectivity index (χ4n) is 4.38. The van der Waals surface area contributed by atoms with Crippen molar-refractivity contribution >= 4 is 23.3 Å². The molecule has 0 saturated carbocycles. The van der Waals surface area contributed by atoms with Gasteiger partial charge in [0.1, 0.15) is 0 Å². The van der Waals surface area contributed by atoms with E-state index in [1.54, 1.807) is 12.1 Å². The van der Waals surface area contributed by atoms with Gasteiger partial charge in [0.25, 0.3) is 0 Å². The maximum atomic E-state index is 12.3. The highest BCUT2D eigenvalue weighted by molar-refractivity contribution is 6.33. The number of fused-ring (bicyclic) bond motifs is 3. The van der Waals surface area contributed by atoms with Gasteiger partial charge < -0.3 is 10.1 Å². The van der Waals surface area contributed by atoms with E-state index < -0.39 is 0 Å². The zero-order valence-corrected chi connectivity index (χ0v) is 16.6. The quantitative estimate of drug-likeness (QED) is 0.517. The summed E-state index contributed by atoms with van der Waals surface area (Å²) in [6.07, 6.45) is 5.40. The Morgan fingerprint density at radius 1 is 1.19 bits per heavy atom. The summed E-state index contributed by atoms with van der Waals surface area (Å²) >= 11 is 6.53. The largest absolute Gasteiger partial charge is 0.465 e. The van der Waals surface area contributed by atoms with Crippen LogP contribution in [-0.4, -0.2) is 13.1 Å². The monoisotopic (exact) mass is 381 g/mol. The number of anilines is 1. The SMILES string of the molecule is COC(=O)c1ccc(Cl)c2c1[C@@H]1C=CC[C@H]1[C@@H](c1ccc(C(C)C)cc1)N2. The second-order valence-electron chi connectivity index (χ2n) is 7.67. The topological polar surface area (TPSA) is 38.3 Å². The molecule has 1 aliphatic heterocycles. The fraction of sp³-hybridized carbons (Fsp3) is 0.348. The third kappa shape index (κ3) is 3.04. The highest BCUT2D eigenvalue weighted by Crippen LogP contribution is 2.52. The van der Waals surface area contributed by atoms with Crippen LogP contribution in [0.4, 0.5) is 5.69 Å². The van der Waals surface area contributed by atoms with E-state index in [1.807, 2.05) is 0 Å². The summed E-state index contributed by atoms with van der Waals surface area (Å²) in [4.78, 5) is 12.3. The van der Waals surface area contributed by atoms with E-state index in [4.69, 9.17) is 16.3 Å². The predicted molar refractivity (Wildman–Crippen MR) is 110 cm³/mol. The molecule has 0 spiro atoms. The Morgan fingerprint density at radius 2 is 1.93 bits per heavy atom. The van der Waals surface area contributed by atoms with Crippen LogP contribution in [-0.2, 0) is 4.74 Å². The number of ether oxygens (including phenoxy) is 1. The van der Waals surface area contributed by atoms with E-state index in [0.29, 0.717) is 22.4 Å². The van der Waals surface area contributed by atoms with Crippen LogP contribution >= 0.6 is 11.6 Å². The molecule has 0 unspecified atom stereocenters. The molecule has 2 aromatic carbocycles. The third-order valence-electron chi connectivity index (χ3n) is 5.84. The molecule has 140 valence electrons. The Kier molecular flexibility index (Phi) is 4.73. The Labute approximate surface area is 165 Å². The number of halogens is 1. The maximum Gasteiger partial charge on any atom is 0.338 e. The molecular formula is C23H24ClNO2. The van der Waals surface area contributed by atoms with Gasteiger partial charge in [0.05, 0.1) is 29.4 Å². The van der Waals surface area contributed by atoms with E-state index in [9.17, 15) is 4.79 Å². The zero-order valence-electron chi connectivity index (χ0n) is 15.8. The van der Waals surface area contributed by atoms with Crippen LogP contribution in [0.5, 0.6) is 0 Å². The van der Waals surface area contributed by atoms with Crippen LogP contribution in [0.3, 0.4) is 0 Å². The van der Waals surface area contributed by atoms with E-state index in [1.165, 1.54) is 18.2 Å². The first-order valence-corrected chi connectivity index (χ1v) is 9.82. The standard InChI is InChI=1S/C23H24ClNO2/c1-13(2)14-7-9-15(10-8-14)21-17-6-4-5-16(17)20-18(23(26)27-3)11-12-19(24)22(20)25-21/h4-5,7-13,16-17,21,25H,6H2,1-3H3/t16-,17-,21-/m1/s1. The minimum atomic E-state index is -0.316. The van der Waals surface area contributed by atoms with Gasteiger partial charge >= 0.3 is 5.97 Å². The van der Waals surface area contributed by atoms with Gasteiger partial charge in [-0.25, -0.2) is 4.79 Å². The summed E-state index contributed by atoms with van der Waals surface area (Å²) in [7, 11) is 1.42. The molecule has 2 aliphatic rings. The molecule has 4 rings (SSSR count). The van der Waals surface area contributed by atoms with Crippen molar-refractivity contribution in [2.24, 2.45) is 5.92 Å². The zero-order chi connectivity index (χ0) is 19.1. The number of carbonyl (C=O) groups is 1. The van der Waals surface area contributed by atoms with Crippen molar-refractivity contribution in [2.75, 3.05) is 12.4 Å². The van der Waals surface area contributed by atoms with Crippen LogP contribution in [0.2, 0.25) is 5.02 Å². The smallest absolute Gasteiger partial charge is 0.338 e. The summed E-state index contributed by atoms with van der Waals surface area (Å²) in [6.45, 7) is 4.41. The molecule has 0 bridgehead atoms. The van der Waals surface area contributed by atoms with E-state index >= 15 is 0 Å². The van der Waals surface area contributed by atoms with Crippen molar-refractivity contribution in [3.63, 3.8) is 0 Å². The van der Waals surface area contributed by atoms with Crippen molar-refractivity contribution in [2.45, 2.75) is 38.1 Å². The van der Waals surface area contributed by atoms with Crippen LogP contribution < -0.4 is 5.32 Å². The normalized spacial score (nSPS) is 22.9. The van der Waals surface area contributed by atoms with Gasteiger partial charge in [-0.05, 0) is 47.1 Å². The van der Waals surface area contributed by atoms with Gasteiger partial charge in [-0.2, -0.15) is 0 Å². The molecule has 27 heavy (non-hydrogen) atoms. The number of nitrogens with one attached hydrogen (secondary N) is 1. The number of allylic oxidation sites excluding steroid dienone is 2. The highest BCUT2D eigenvalue weighted by Gasteiger charge is 2.41. The maximum absolute atomic E-state index is 12.3.